The first-order chi connectivity index (χ1) is 13.5. The summed E-state index contributed by atoms with van der Waals surface area (Å²) in [6, 6.07) is 14.4. The molecule has 7 heteroatoms. The summed E-state index contributed by atoms with van der Waals surface area (Å²) in [6.07, 6.45) is 0.674. The van der Waals surface area contributed by atoms with E-state index in [0.717, 1.165) is 18.9 Å². The Labute approximate surface area is 165 Å². The summed E-state index contributed by atoms with van der Waals surface area (Å²) in [5.41, 5.74) is 0.320. The molecule has 3 aromatic rings. The fourth-order valence-electron chi connectivity index (χ4n) is 2.80. The van der Waals surface area contributed by atoms with Crippen LogP contribution in [0.5, 0.6) is 0 Å². The Bertz CT molecular complexity index is 1100. The Morgan fingerprint density at radius 3 is 2.57 bits per heavy atom. The van der Waals surface area contributed by atoms with Crippen LogP contribution in [-0.4, -0.2) is 17.9 Å². The average molecular weight is 398 g/mol. The van der Waals surface area contributed by atoms with Gasteiger partial charge in [0.1, 0.15) is 5.58 Å². The van der Waals surface area contributed by atoms with Gasteiger partial charge in [-0.3, -0.25) is 9.59 Å². The van der Waals surface area contributed by atoms with Crippen LogP contribution in [0.3, 0.4) is 0 Å². The molecular formula is C21H16ClNO5. The molecule has 2 aromatic carbocycles. The molecule has 0 spiro atoms. The predicted molar refractivity (Wildman–Crippen MR) is 103 cm³/mol. The fraction of sp³-hybridized carbons (Fsp3) is 0.190. The second-order valence-corrected chi connectivity index (χ2v) is 7.03. The van der Waals surface area contributed by atoms with Crippen molar-refractivity contribution >= 4 is 34.4 Å². The zero-order valence-electron chi connectivity index (χ0n) is 14.7. The van der Waals surface area contributed by atoms with E-state index in [4.69, 9.17) is 20.8 Å². The highest BCUT2D eigenvalue weighted by Gasteiger charge is 2.31. The fourth-order valence-corrected chi connectivity index (χ4v) is 2.97. The third-order valence-electron chi connectivity index (χ3n) is 4.38. The Kier molecular flexibility index (Phi) is 4.88. The molecule has 6 nitrogen and oxygen atoms in total. The van der Waals surface area contributed by atoms with Gasteiger partial charge in [-0.25, -0.2) is 4.79 Å². The van der Waals surface area contributed by atoms with Crippen molar-refractivity contribution < 1.29 is 18.7 Å². The molecular weight excluding hydrogens is 382 g/mol. The maximum Gasteiger partial charge on any atom is 0.375 e. The standard InChI is InChI=1S/C21H16ClNO5/c22-13-6-9-17-15(10-13)16(24)11-18(27-17)21(26)28-19(12-4-2-1-3-5-12)20(25)23-14-7-8-14/h1-6,9-11,14,19H,7-8H2,(H,23,25)/t19-/m0/s1. The summed E-state index contributed by atoms with van der Waals surface area (Å²) in [4.78, 5) is 37.5. The molecule has 0 radical (unpaired) electrons. The number of benzene rings is 2. The molecule has 1 N–H and O–H groups in total. The molecule has 1 fully saturated rings. The number of ether oxygens (including phenoxy) is 1. The number of carbonyl (C=O) groups excluding carboxylic acids is 2. The highest BCUT2D eigenvalue weighted by Crippen LogP contribution is 2.25. The molecule has 142 valence electrons. The first-order valence-corrected chi connectivity index (χ1v) is 9.19. The zero-order chi connectivity index (χ0) is 19.7. The van der Waals surface area contributed by atoms with E-state index >= 15 is 0 Å². The van der Waals surface area contributed by atoms with Crippen molar-refractivity contribution in [3.05, 3.63) is 81.2 Å². The monoisotopic (exact) mass is 397 g/mol. The van der Waals surface area contributed by atoms with Gasteiger partial charge in [0.15, 0.2) is 5.43 Å². The Morgan fingerprint density at radius 1 is 1.11 bits per heavy atom. The molecule has 1 atom stereocenters. The van der Waals surface area contributed by atoms with E-state index in [9.17, 15) is 14.4 Å². The van der Waals surface area contributed by atoms with Crippen molar-refractivity contribution in [3.63, 3.8) is 0 Å². The summed E-state index contributed by atoms with van der Waals surface area (Å²) < 4.78 is 10.9. The Morgan fingerprint density at radius 2 is 1.86 bits per heavy atom. The van der Waals surface area contributed by atoms with Gasteiger partial charge in [0.25, 0.3) is 5.91 Å². The molecule has 4 rings (SSSR count). The van der Waals surface area contributed by atoms with Gasteiger partial charge >= 0.3 is 5.97 Å². The molecule has 0 unspecified atom stereocenters. The van der Waals surface area contributed by atoms with Gasteiger partial charge in [-0.15, -0.1) is 0 Å². The van der Waals surface area contributed by atoms with Crippen LogP contribution in [0.2, 0.25) is 5.02 Å². The maximum atomic E-state index is 12.6. The molecule has 1 aromatic heterocycles. The Balaban J connectivity index is 1.63. The van der Waals surface area contributed by atoms with Crippen LogP contribution < -0.4 is 10.7 Å². The van der Waals surface area contributed by atoms with Crippen LogP contribution in [0.4, 0.5) is 0 Å². The van der Waals surface area contributed by atoms with Crippen LogP contribution >= 0.6 is 11.6 Å². The lowest BCUT2D eigenvalue weighted by Crippen LogP contribution is -2.33. The van der Waals surface area contributed by atoms with Crippen molar-refractivity contribution in [3.8, 4) is 0 Å². The summed E-state index contributed by atoms with van der Waals surface area (Å²) in [7, 11) is 0. The quantitative estimate of drug-likeness (QED) is 0.664. The predicted octanol–water partition coefficient (Wildman–Crippen LogP) is 3.62. The summed E-state index contributed by atoms with van der Waals surface area (Å²) in [6.45, 7) is 0. The number of nitrogens with one attached hydrogen (secondary N) is 1. The zero-order valence-corrected chi connectivity index (χ0v) is 15.4. The number of amides is 1. The van der Waals surface area contributed by atoms with Gasteiger partial charge < -0.3 is 14.5 Å². The number of halogens is 1. The van der Waals surface area contributed by atoms with Crippen LogP contribution in [0.25, 0.3) is 11.0 Å². The van der Waals surface area contributed by atoms with Crippen molar-refractivity contribution in [2.45, 2.75) is 25.0 Å². The number of carbonyl (C=O) groups is 2. The smallest absolute Gasteiger partial charge is 0.375 e. The molecule has 1 aliphatic rings. The highest BCUT2D eigenvalue weighted by atomic mass is 35.5. The van der Waals surface area contributed by atoms with Crippen molar-refractivity contribution in [2.75, 3.05) is 0 Å². The molecule has 1 aliphatic carbocycles. The van der Waals surface area contributed by atoms with E-state index in [1.807, 2.05) is 0 Å². The van der Waals surface area contributed by atoms with Gasteiger partial charge in [-0.05, 0) is 31.0 Å². The number of hydrogen-bond donors (Lipinski definition) is 1. The molecule has 1 amide bonds. The number of fused-ring (bicyclic) bond motifs is 1. The molecule has 1 heterocycles. The molecule has 1 saturated carbocycles. The van der Waals surface area contributed by atoms with Crippen LogP contribution in [0.1, 0.15) is 35.1 Å². The van der Waals surface area contributed by atoms with Gasteiger partial charge in [-0.1, -0.05) is 41.9 Å². The lowest BCUT2D eigenvalue weighted by atomic mass is 10.1. The summed E-state index contributed by atoms with van der Waals surface area (Å²) in [5.74, 6) is -1.58. The number of hydrogen-bond acceptors (Lipinski definition) is 5. The third-order valence-corrected chi connectivity index (χ3v) is 4.61. The third kappa shape index (κ3) is 3.92. The van der Waals surface area contributed by atoms with Gasteiger partial charge in [-0.2, -0.15) is 0 Å². The lowest BCUT2D eigenvalue weighted by Gasteiger charge is -2.17. The van der Waals surface area contributed by atoms with Gasteiger partial charge in [0.2, 0.25) is 11.9 Å². The Hall–Kier alpha value is -3.12. The average Bonchev–Trinajstić information content (AvgIpc) is 3.51. The van der Waals surface area contributed by atoms with E-state index in [-0.39, 0.29) is 22.8 Å². The first kappa shape index (κ1) is 18.3. The van der Waals surface area contributed by atoms with Crippen molar-refractivity contribution in [2.24, 2.45) is 0 Å². The minimum Gasteiger partial charge on any atom is -0.449 e. The minimum atomic E-state index is -1.14. The highest BCUT2D eigenvalue weighted by molar-refractivity contribution is 6.31. The second kappa shape index (κ2) is 7.48. The van der Waals surface area contributed by atoms with Crippen LogP contribution in [0, 0.1) is 0 Å². The van der Waals surface area contributed by atoms with Crippen molar-refractivity contribution in [1.29, 1.82) is 0 Å². The topological polar surface area (TPSA) is 85.6 Å². The summed E-state index contributed by atoms with van der Waals surface area (Å²) >= 11 is 5.89. The van der Waals surface area contributed by atoms with Crippen LogP contribution in [0.15, 0.2) is 63.8 Å². The molecule has 0 saturated heterocycles. The van der Waals surface area contributed by atoms with E-state index in [2.05, 4.69) is 5.32 Å². The number of esters is 1. The van der Waals surface area contributed by atoms with E-state index in [1.54, 1.807) is 36.4 Å². The van der Waals surface area contributed by atoms with E-state index in [0.29, 0.717) is 10.6 Å². The van der Waals surface area contributed by atoms with Gasteiger partial charge in [0, 0.05) is 22.7 Å². The second-order valence-electron chi connectivity index (χ2n) is 6.59. The SMILES string of the molecule is O=C(O[C@H](C(=O)NC1CC1)c1ccccc1)c1cc(=O)c2cc(Cl)ccc2o1. The van der Waals surface area contributed by atoms with E-state index < -0.39 is 23.4 Å². The normalized spacial score (nSPS) is 14.5. The molecule has 0 aliphatic heterocycles. The largest absolute Gasteiger partial charge is 0.449 e. The first-order valence-electron chi connectivity index (χ1n) is 8.81. The minimum absolute atomic E-state index is 0.112. The lowest BCUT2D eigenvalue weighted by molar-refractivity contribution is -0.130. The van der Waals surface area contributed by atoms with Gasteiger partial charge in [0.05, 0.1) is 5.39 Å². The van der Waals surface area contributed by atoms with Crippen LogP contribution in [-0.2, 0) is 9.53 Å². The summed E-state index contributed by atoms with van der Waals surface area (Å²) in [5, 5.41) is 3.48. The molecule has 0 bridgehead atoms. The maximum absolute atomic E-state index is 12.6. The van der Waals surface area contributed by atoms with E-state index in [1.165, 1.54) is 12.1 Å². The molecule has 28 heavy (non-hydrogen) atoms. The van der Waals surface area contributed by atoms with Crippen molar-refractivity contribution in [1.82, 2.24) is 5.32 Å². The number of rotatable bonds is 5.